The Balaban J connectivity index is 2.13. The predicted octanol–water partition coefficient (Wildman–Crippen LogP) is 1.80. The molecule has 1 unspecified atom stereocenters. The second-order valence-electron chi connectivity index (χ2n) is 5.55. The van der Waals surface area contributed by atoms with E-state index in [2.05, 4.69) is 4.90 Å². The van der Waals surface area contributed by atoms with Crippen LogP contribution in [0.1, 0.15) is 42.8 Å². The number of hydrogen-bond donors (Lipinski definition) is 1. The lowest BCUT2D eigenvalue weighted by Gasteiger charge is -2.33. The summed E-state index contributed by atoms with van der Waals surface area (Å²) < 4.78 is 9.88. The molecule has 0 bridgehead atoms. The molecule has 1 aliphatic rings. The average Bonchev–Trinajstić information content (AvgIpc) is 2.96. The molecule has 1 aliphatic heterocycles. The number of methoxy groups -OCH3 is 1. The first kappa shape index (κ1) is 14.1. The largest absolute Gasteiger partial charge is 0.463 e. The fourth-order valence-corrected chi connectivity index (χ4v) is 2.77. The summed E-state index contributed by atoms with van der Waals surface area (Å²) in [4.78, 5) is 13.8. The van der Waals surface area contributed by atoms with Crippen molar-refractivity contribution in [1.82, 2.24) is 4.90 Å². The summed E-state index contributed by atoms with van der Waals surface area (Å²) in [6, 6.07) is 1.89. The summed E-state index contributed by atoms with van der Waals surface area (Å²) in [7, 11) is 1.34. The number of carbonyl (C=O) groups excluding carboxylic acids is 1. The van der Waals surface area contributed by atoms with Crippen LogP contribution in [0, 0.1) is 0 Å². The summed E-state index contributed by atoms with van der Waals surface area (Å²) in [5.74, 6) is -0.206. The van der Waals surface area contributed by atoms with Gasteiger partial charge in [-0.3, -0.25) is 4.90 Å². The molecule has 0 amide bonds. The van der Waals surface area contributed by atoms with Gasteiger partial charge in [-0.25, -0.2) is 4.79 Å². The molecule has 0 aliphatic carbocycles. The smallest absolute Gasteiger partial charge is 0.374 e. The fraction of sp³-hybridized carbons (Fsp3) is 0.643. The number of rotatable bonds is 4. The van der Waals surface area contributed by atoms with Crippen LogP contribution in [0.3, 0.4) is 0 Å². The lowest BCUT2D eigenvalue weighted by atomic mass is 9.96. The van der Waals surface area contributed by atoms with Crippen LogP contribution in [0.5, 0.6) is 0 Å². The third kappa shape index (κ3) is 2.98. The van der Waals surface area contributed by atoms with Crippen LogP contribution in [0.4, 0.5) is 0 Å². The van der Waals surface area contributed by atoms with Gasteiger partial charge in [0.25, 0.3) is 0 Å². The summed E-state index contributed by atoms with van der Waals surface area (Å²) in [6.45, 7) is 5.16. The van der Waals surface area contributed by atoms with Crippen molar-refractivity contribution in [3.8, 4) is 0 Å². The van der Waals surface area contributed by atoms with Crippen LogP contribution in [-0.2, 0) is 11.3 Å². The Morgan fingerprint density at radius 1 is 1.63 bits per heavy atom. The van der Waals surface area contributed by atoms with E-state index < -0.39 is 11.6 Å². The van der Waals surface area contributed by atoms with Gasteiger partial charge in [0.1, 0.15) is 0 Å². The Labute approximate surface area is 113 Å². The fourth-order valence-electron chi connectivity index (χ4n) is 2.77. The molecule has 1 atom stereocenters. The van der Waals surface area contributed by atoms with Crippen molar-refractivity contribution >= 4 is 5.97 Å². The zero-order chi connectivity index (χ0) is 14.0. The second-order valence-corrected chi connectivity index (χ2v) is 5.55. The standard InChI is InChI=1S/C14H21NO4/c1-14(2,17)11-5-4-7-15(11)9-10-6-8-19-12(10)13(16)18-3/h6,8,11,17H,4-5,7,9H2,1-3H3. The minimum atomic E-state index is -0.744. The summed E-state index contributed by atoms with van der Waals surface area (Å²) in [6.07, 6.45) is 3.52. The molecule has 106 valence electrons. The van der Waals surface area contributed by atoms with Crippen molar-refractivity contribution in [2.45, 2.75) is 44.9 Å². The van der Waals surface area contributed by atoms with E-state index >= 15 is 0 Å². The molecule has 1 aromatic rings. The molecule has 0 saturated carbocycles. The second kappa shape index (κ2) is 5.35. The summed E-state index contributed by atoms with van der Waals surface area (Å²) >= 11 is 0. The third-order valence-electron chi connectivity index (χ3n) is 3.67. The summed E-state index contributed by atoms with van der Waals surface area (Å²) in [5.41, 5.74) is 0.0640. The van der Waals surface area contributed by atoms with E-state index in [1.165, 1.54) is 13.4 Å². The van der Waals surface area contributed by atoms with Crippen molar-refractivity contribution in [2.75, 3.05) is 13.7 Å². The zero-order valence-corrected chi connectivity index (χ0v) is 11.7. The van der Waals surface area contributed by atoms with Crippen molar-refractivity contribution in [1.29, 1.82) is 0 Å². The van der Waals surface area contributed by atoms with E-state index in [1.54, 1.807) is 6.07 Å². The first-order valence-corrected chi connectivity index (χ1v) is 6.54. The van der Waals surface area contributed by atoms with Crippen LogP contribution < -0.4 is 0 Å². The first-order valence-electron chi connectivity index (χ1n) is 6.54. The maximum atomic E-state index is 11.6. The maximum absolute atomic E-state index is 11.6. The molecule has 1 N–H and O–H groups in total. The van der Waals surface area contributed by atoms with Gasteiger partial charge in [0.05, 0.1) is 19.0 Å². The van der Waals surface area contributed by atoms with E-state index in [0.29, 0.717) is 6.54 Å². The molecule has 1 fully saturated rings. The van der Waals surface area contributed by atoms with Crippen molar-refractivity contribution in [3.05, 3.63) is 23.7 Å². The minimum absolute atomic E-state index is 0.105. The van der Waals surface area contributed by atoms with Crippen LogP contribution >= 0.6 is 0 Å². The molecule has 0 radical (unpaired) electrons. The molecule has 2 rings (SSSR count). The Morgan fingerprint density at radius 2 is 2.37 bits per heavy atom. The number of esters is 1. The molecule has 5 heteroatoms. The molecule has 19 heavy (non-hydrogen) atoms. The van der Waals surface area contributed by atoms with Gasteiger partial charge in [0.15, 0.2) is 0 Å². The number of aliphatic hydroxyl groups is 1. The molecule has 1 aromatic heterocycles. The number of carbonyl (C=O) groups is 1. The highest BCUT2D eigenvalue weighted by Crippen LogP contribution is 2.29. The topological polar surface area (TPSA) is 62.9 Å². The first-order chi connectivity index (χ1) is 8.93. The molecule has 2 heterocycles. The van der Waals surface area contributed by atoms with Gasteiger partial charge in [0, 0.05) is 18.2 Å². The zero-order valence-electron chi connectivity index (χ0n) is 11.7. The van der Waals surface area contributed by atoms with Gasteiger partial charge in [-0.15, -0.1) is 0 Å². The monoisotopic (exact) mass is 267 g/mol. The van der Waals surface area contributed by atoms with Gasteiger partial charge < -0.3 is 14.3 Å². The van der Waals surface area contributed by atoms with Gasteiger partial charge in [0.2, 0.25) is 5.76 Å². The highest BCUT2D eigenvalue weighted by Gasteiger charge is 2.36. The van der Waals surface area contributed by atoms with Crippen LogP contribution in [0.25, 0.3) is 0 Å². The molecule has 1 saturated heterocycles. The van der Waals surface area contributed by atoms with Crippen LogP contribution in [-0.4, -0.2) is 41.3 Å². The number of likely N-dealkylation sites (tertiary alicyclic amines) is 1. The van der Waals surface area contributed by atoms with E-state index in [1.807, 2.05) is 13.8 Å². The maximum Gasteiger partial charge on any atom is 0.374 e. The number of ether oxygens (including phenoxy) is 1. The van der Waals surface area contributed by atoms with E-state index in [0.717, 1.165) is 24.9 Å². The van der Waals surface area contributed by atoms with Gasteiger partial charge in [-0.2, -0.15) is 0 Å². The Morgan fingerprint density at radius 3 is 3.00 bits per heavy atom. The highest BCUT2D eigenvalue weighted by molar-refractivity contribution is 5.87. The lowest BCUT2D eigenvalue weighted by Crippen LogP contribution is -2.45. The molecule has 0 aromatic carbocycles. The number of hydrogen-bond acceptors (Lipinski definition) is 5. The Hall–Kier alpha value is -1.33. The molecular weight excluding hydrogens is 246 g/mol. The van der Waals surface area contributed by atoms with Gasteiger partial charge in [-0.1, -0.05) is 0 Å². The van der Waals surface area contributed by atoms with E-state index in [9.17, 15) is 9.90 Å². The van der Waals surface area contributed by atoms with Crippen molar-refractivity contribution in [3.63, 3.8) is 0 Å². The van der Waals surface area contributed by atoms with Crippen LogP contribution in [0.15, 0.2) is 16.7 Å². The van der Waals surface area contributed by atoms with Gasteiger partial charge in [-0.05, 0) is 39.3 Å². The van der Waals surface area contributed by atoms with Gasteiger partial charge >= 0.3 is 5.97 Å². The van der Waals surface area contributed by atoms with E-state index in [4.69, 9.17) is 9.15 Å². The SMILES string of the molecule is COC(=O)c1occc1CN1CCCC1C(C)(C)O. The minimum Gasteiger partial charge on any atom is -0.463 e. The highest BCUT2D eigenvalue weighted by atomic mass is 16.5. The predicted molar refractivity (Wildman–Crippen MR) is 69.8 cm³/mol. The third-order valence-corrected chi connectivity index (χ3v) is 3.67. The Bertz CT molecular complexity index is 447. The summed E-state index contributed by atoms with van der Waals surface area (Å²) in [5, 5.41) is 10.2. The Kier molecular flexibility index (Phi) is 3.96. The quantitative estimate of drug-likeness (QED) is 0.843. The number of furan rings is 1. The number of nitrogens with zero attached hydrogens (tertiary/aromatic N) is 1. The molecule has 5 nitrogen and oxygen atoms in total. The normalized spacial score (nSPS) is 20.7. The lowest BCUT2D eigenvalue weighted by molar-refractivity contribution is -0.00518. The molecular formula is C14H21NO4. The van der Waals surface area contributed by atoms with E-state index in [-0.39, 0.29) is 11.8 Å². The van der Waals surface area contributed by atoms with Crippen LogP contribution in [0.2, 0.25) is 0 Å². The van der Waals surface area contributed by atoms with Crippen molar-refractivity contribution in [2.24, 2.45) is 0 Å². The molecule has 0 spiro atoms. The van der Waals surface area contributed by atoms with Crippen molar-refractivity contribution < 1.29 is 19.1 Å². The average molecular weight is 267 g/mol.